The second kappa shape index (κ2) is 10.5. The molecule has 1 N–H and O–H groups in total. The molecule has 0 amide bonds. The van der Waals surface area contributed by atoms with Gasteiger partial charge in [0.25, 0.3) is 0 Å². The van der Waals surface area contributed by atoms with Crippen LogP contribution in [0.1, 0.15) is 30.0 Å². The van der Waals surface area contributed by atoms with Crippen molar-refractivity contribution >= 4 is 5.97 Å². The Hall–Kier alpha value is -3.13. The van der Waals surface area contributed by atoms with Gasteiger partial charge >= 0.3 is 5.97 Å². The van der Waals surface area contributed by atoms with Crippen LogP contribution in [0, 0.1) is 5.92 Å². The van der Waals surface area contributed by atoms with Crippen LogP contribution in [-0.2, 0) is 4.79 Å². The van der Waals surface area contributed by atoms with Crippen molar-refractivity contribution in [2.45, 2.75) is 18.9 Å². The molecule has 8 heteroatoms. The Balaban J connectivity index is 2.18. The van der Waals surface area contributed by atoms with Crippen molar-refractivity contribution in [1.82, 2.24) is 4.90 Å². The zero-order chi connectivity index (χ0) is 23.3. The maximum atomic E-state index is 11.5. The highest BCUT2D eigenvalue weighted by atomic mass is 16.5. The number of carboxylic acid groups (broad SMARTS) is 1. The molecule has 1 aliphatic rings. The molecule has 174 valence electrons. The average Bonchev–Trinajstić information content (AvgIpc) is 2.83. The van der Waals surface area contributed by atoms with E-state index in [4.69, 9.17) is 23.7 Å². The molecule has 32 heavy (non-hydrogen) atoms. The molecule has 1 heterocycles. The van der Waals surface area contributed by atoms with Gasteiger partial charge in [0.1, 0.15) is 17.2 Å². The first-order valence-corrected chi connectivity index (χ1v) is 10.5. The molecule has 0 saturated carbocycles. The summed E-state index contributed by atoms with van der Waals surface area (Å²) in [5.41, 5.74) is 1.76. The molecule has 0 aliphatic carbocycles. The Labute approximate surface area is 188 Å². The normalized spacial score (nSPS) is 15.7. The Kier molecular flexibility index (Phi) is 7.69. The highest BCUT2D eigenvalue weighted by Crippen LogP contribution is 2.45. The van der Waals surface area contributed by atoms with Crippen LogP contribution >= 0.6 is 0 Å². The number of hydrogen-bond donors (Lipinski definition) is 1. The standard InChI is InChI=1S/C24H31NO7/c1-28-16-6-7-19(29-2)17(12-16)23(25-10-8-15(9-11-25)24(26)27)18-13-21(31-4)22(32-5)14-20(18)30-3/h6-7,12-15,23H,8-11H2,1-5H3,(H,26,27). The van der Waals surface area contributed by atoms with E-state index >= 15 is 0 Å². The first-order chi connectivity index (χ1) is 15.5. The number of nitrogens with zero attached hydrogens (tertiary/aromatic N) is 1. The molecule has 2 aromatic carbocycles. The van der Waals surface area contributed by atoms with Crippen LogP contribution in [0.15, 0.2) is 30.3 Å². The first kappa shape index (κ1) is 23.5. The lowest BCUT2D eigenvalue weighted by atomic mass is 9.90. The van der Waals surface area contributed by atoms with Gasteiger partial charge in [-0.15, -0.1) is 0 Å². The second-order valence-corrected chi connectivity index (χ2v) is 7.61. The minimum atomic E-state index is -0.746. The number of likely N-dealkylation sites (tertiary alicyclic amines) is 1. The number of rotatable bonds is 9. The van der Waals surface area contributed by atoms with Gasteiger partial charge in [0.2, 0.25) is 0 Å². The summed E-state index contributed by atoms with van der Waals surface area (Å²) in [7, 11) is 8.03. The zero-order valence-electron chi connectivity index (χ0n) is 19.2. The van der Waals surface area contributed by atoms with Gasteiger partial charge in [-0.1, -0.05) is 0 Å². The van der Waals surface area contributed by atoms with Gasteiger partial charge in [0.05, 0.1) is 47.5 Å². The Morgan fingerprint density at radius 2 is 1.38 bits per heavy atom. The molecule has 0 aromatic heterocycles. The Bertz CT molecular complexity index is 938. The van der Waals surface area contributed by atoms with Crippen molar-refractivity contribution in [1.29, 1.82) is 0 Å². The van der Waals surface area contributed by atoms with E-state index in [2.05, 4.69) is 4.90 Å². The molecule has 1 saturated heterocycles. The van der Waals surface area contributed by atoms with E-state index in [1.165, 1.54) is 0 Å². The second-order valence-electron chi connectivity index (χ2n) is 7.61. The van der Waals surface area contributed by atoms with Crippen molar-refractivity contribution in [3.8, 4) is 28.7 Å². The van der Waals surface area contributed by atoms with Crippen LogP contribution in [-0.4, -0.2) is 64.6 Å². The SMILES string of the molecule is COc1ccc(OC)c(C(c2cc(OC)c(OC)cc2OC)N2CCC(C(=O)O)CC2)c1. The van der Waals surface area contributed by atoms with Crippen LogP contribution < -0.4 is 23.7 Å². The van der Waals surface area contributed by atoms with Gasteiger partial charge < -0.3 is 28.8 Å². The summed E-state index contributed by atoms with van der Waals surface area (Å²) in [6.45, 7) is 1.22. The predicted octanol–water partition coefficient (Wildman–Crippen LogP) is 3.62. The van der Waals surface area contributed by atoms with Gasteiger partial charge in [-0.25, -0.2) is 0 Å². The number of benzene rings is 2. The summed E-state index contributed by atoms with van der Waals surface area (Å²) in [6.07, 6.45) is 1.13. The van der Waals surface area contributed by atoms with Gasteiger partial charge in [-0.3, -0.25) is 9.69 Å². The minimum Gasteiger partial charge on any atom is -0.497 e. The molecule has 1 unspecified atom stereocenters. The molecule has 1 aliphatic heterocycles. The van der Waals surface area contributed by atoms with Gasteiger partial charge in [-0.05, 0) is 50.2 Å². The maximum Gasteiger partial charge on any atom is 0.306 e. The number of hydrogen-bond acceptors (Lipinski definition) is 7. The summed E-state index contributed by atoms with van der Waals surface area (Å²) in [5.74, 6) is 2.09. The van der Waals surface area contributed by atoms with Crippen LogP contribution in [0.4, 0.5) is 0 Å². The van der Waals surface area contributed by atoms with E-state index in [1.54, 1.807) is 41.6 Å². The average molecular weight is 446 g/mol. The van der Waals surface area contributed by atoms with Gasteiger partial charge in [0, 0.05) is 17.2 Å². The number of piperidine rings is 1. The highest BCUT2D eigenvalue weighted by Gasteiger charge is 2.34. The quantitative estimate of drug-likeness (QED) is 0.626. The van der Waals surface area contributed by atoms with E-state index in [1.807, 2.05) is 24.3 Å². The van der Waals surface area contributed by atoms with Crippen molar-refractivity contribution in [2.75, 3.05) is 48.6 Å². The smallest absolute Gasteiger partial charge is 0.306 e. The summed E-state index contributed by atoms with van der Waals surface area (Å²) >= 11 is 0. The zero-order valence-corrected chi connectivity index (χ0v) is 19.2. The number of methoxy groups -OCH3 is 5. The number of carbonyl (C=O) groups is 1. The fourth-order valence-corrected chi connectivity index (χ4v) is 4.29. The lowest BCUT2D eigenvalue weighted by Gasteiger charge is -2.38. The number of carboxylic acids is 1. The molecule has 2 aromatic rings. The number of aliphatic carboxylic acids is 1. The topological polar surface area (TPSA) is 86.7 Å². The molecule has 1 fully saturated rings. The summed E-state index contributed by atoms with van der Waals surface area (Å²) in [5, 5.41) is 9.45. The van der Waals surface area contributed by atoms with Crippen molar-refractivity contribution in [3.05, 3.63) is 41.5 Å². The van der Waals surface area contributed by atoms with Crippen LogP contribution in [0.2, 0.25) is 0 Å². The largest absolute Gasteiger partial charge is 0.497 e. The molecule has 0 bridgehead atoms. The van der Waals surface area contributed by atoms with E-state index in [-0.39, 0.29) is 12.0 Å². The molecule has 0 spiro atoms. The van der Waals surface area contributed by atoms with Crippen molar-refractivity contribution in [2.24, 2.45) is 5.92 Å². The Morgan fingerprint density at radius 3 is 1.91 bits per heavy atom. The third kappa shape index (κ3) is 4.70. The molecular weight excluding hydrogens is 414 g/mol. The third-order valence-corrected chi connectivity index (χ3v) is 6.01. The minimum absolute atomic E-state index is 0.274. The van der Waals surface area contributed by atoms with Crippen molar-refractivity contribution < 1.29 is 33.6 Å². The fraction of sp³-hybridized carbons (Fsp3) is 0.458. The monoisotopic (exact) mass is 445 g/mol. The third-order valence-electron chi connectivity index (χ3n) is 6.01. The summed E-state index contributed by atoms with van der Waals surface area (Å²) in [4.78, 5) is 13.8. The molecule has 1 atom stereocenters. The predicted molar refractivity (Wildman–Crippen MR) is 119 cm³/mol. The summed E-state index contributed by atoms with van der Waals surface area (Å²) < 4.78 is 28.0. The van der Waals surface area contributed by atoms with Crippen LogP contribution in [0.3, 0.4) is 0 Å². The van der Waals surface area contributed by atoms with Crippen LogP contribution in [0.5, 0.6) is 28.7 Å². The van der Waals surface area contributed by atoms with Crippen LogP contribution in [0.25, 0.3) is 0 Å². The van der Waals surface area contributed by atoms with E-state index in [9.17, 15) is 9.90 Å². The van der Waals surface area contributed by atoms with Gasteiger partial charge in [-0.2, -0.15) is 0 Å². The van der Waals surface area contributed by atoms with E-state index < -0.39 is 5.97 Å². The molecule has 8 nitrogen and oxygen atoms in total. The Morgan fingerprint density at radius 1 is 0.812 bits per heavy atom. The number of ether oxygens (including phenoxy) is 5. The fourth-order valence-electron chi connectivity index (χ4n) is 4.29. The molecular formula is C24H31NO7. The van der Waals surface area contributed by atoms with Crippen molar-refractivity contribution in [3.63, 3.8) is 0 Å². The summed E-state index contributed by atoms with van der Waals surface area (Å²) in [6, 6.07) is 9.11. The van der Waals surface area contributed by atoms with E-state index in [0.717, 1.165) is 11.1 Å². The molecule has 3 rings (SSSR count). The van der Waals surface area contributed by atoms with Gasteiger partial charge in [0.15, 0.2) is 11.5 Å². The lowest BCUT2D eigenvalue weighted by molar-refractivity contribution is -0.143. The molecule has 0 radical (unpaired) electrons. The lowest BCUT2D eigenvalue weighted by Crippen LogP contribution is -2.39. The maximum absolute atomic E-state index is 11.5. The first-order valence-electron chi connectivity index (χ1n) is 10.5. The van der Waals surface area contributed by atoms with E-state index in [0.29, 0.717) is 54.7 Å². The highest BCUT2D eigenvalue weighted by molar-refractivity contribution is 5.70.